The predicted octanol–water partition coefficient (Wildman–Crippen LogP) is 9.11. The van der Waals surface area contributed by atoms with Crippen LogP contribution < -0.4 is 4.90 Å². The minimum absolute atomic E-state index is 0.0885. The van der Waals surface area contributed by atoms with Gasteiger partial charge in [-0.2, -0.15) is 4.58 Å². The summed E-state index contributed by atoms with van der Waals surface area (Å²) in [5, 5.41) is 26.6. The Morgan fingerprint density at radius 3 is 2.13 bits per heavy atom. The van der Waals surface area contributed by atoms with Crippen molar-refractivity contribution < 1.29 is 14.8 Å². The van der Waals surface area contributed by atoms with Crippen molar-refractivity contribution >= 4 is 50.2 Å². The number of allylic oxidation sites excluding steroid dienone is 8. The van der Waals surface area contributed by atoms with Gasteiger partial charge in [0, 0.05) is 39.5 Å². The highest BCUT2D eigenvalue weighted by molar-refractivity contribution is 6.32. The molecule has 0 amide bonds. The van der Waals surface area contributed by atoms with Crippen LogP contribution in [0.5, 0.6) is 0 Å². The van der Waals surface area contributed by atoms with E-state index in [1.54, 1.807) is 0 Å². The number of rotatable bonds is 5. The summed E-state index contributed by atoms with van der Waals surface area (Å²) < 4.78 is 2.02. The van der Waals surface area contributed by atoms with Crippen LogP contribution in [-0.2, 0) is 10.8 Å². The lowest BCUT2D eigenvalue weighted by Gasteiger charge is -2.26. The Kier molecular flexibility index (Phi) is 7.36. The molecular formula is C40H40ClN2O2+. The summed E-state index contributed by atoms with van der Waals surface area (Å²) in [7, 11) is 0. The lowest BCUT2D eigenvalue weighted by molar-refractivity contribution is -0.482. The number of nitrogens with zero attached hydrogens (tertiary/aromatic N) is 2. The van der Waals surface area contributed by atoms with Crippen molar-refractivity contribution in [3.8, 4) is 0 Å². The lowest BCUT2D eigenvalue weighted by Crippen LogP contribution is -2.28. The first kappa shape index (κ1) is 29.7. The zero-order valence-electron chi connectivity index (χ0n) is 26.4. The fourth-order valence-electron chi connectivity index (χ4n) is 7.94. The first-order valence-corrected chi connectivity index (χ1v) is 16.2. The van der Waals surface area contributed by atoms with E-state index >= 15 is 0 Å². The predicted molar refractivity (Wildman–Crippen MR) is 188 cm³/mol. The third-order valence-electron chi connectivity index (χ3n) is 10.1. The Hall–Kier alpha value is -3.96. The number of hydrogen-bond donors (Lipinski definition) is 2. The molecule has 0 radical (unpaired) electrons. The maximum Gasteiger partial charge on any atom is 0.251 e. The molecule has 228 valence electrons. The average Bonchev–Trinajstić information content (AvgIpc) is 3.41. The summed E-state index contributed by atoms with van der Waals surface area (Å²) >= 11 is 7.13. The lowest BCUT2D eigenvalue weighted by atomic mass is 9.79. The van der Waals surface area contributed by atoms with E-state index in [0.717, 1.165) is 58.2 Å². The first-order chi connectivity index (χ1) is 21.7. The van der Waals surface area contributed by atoms with Gasteiger partial charge in [0.1, 0.15) is 6.73 Å². The topological polar surface area (TPSA) is 46.7 Å². The minimum atomic E-state index is -0.290. The molecule has 7 rings (SSSR count). The van der Waals surface area contributed by atoms with Crippen LogP contribution >= 0.6 is 11.6 Å². The molecule has 0 saturated carbocycles. The molecule has 2 aliphatic heterocycles. The quantitative estimate of drug-likeness (QED) is 0.220. The largest absolute Gasteiger partial charge is 0.376 e. The van der Waals surface area contributed by atoms with Crippen LogP contribution in [0.4, 0.5) is 11.4 Å². The van der Waals surface area contributed by atoms with Crippen molar-refractivity contribution in [3.63, 3.8) is 0 Å². The van der Waals surface area contributed by atoms with Gasteiger partial charge in [-0.3, -0.25) is 0 Å². The number of hydrogen-bond acceptors (Lipinski definition) is 3. The fraction of sp³-hybridized carbons (Fsp3) is 0.275. The van der Waals surface area contributed by atoms with Gasteiger partial charge in [-0.25, -0.2) is 0 Å². The smallest absolute Gasteiger partial charge is 0.251 e. The molecule has 1 aliphatic carbocycles. The second-order valence-electron chi connectivity index (χ2n) is 13.4. The normalized spacial score (nSPS) is 20.8. The van der Waals surface area contributed by atoms with E-state index in [1.165, 1.54) is 32.7 Å². The van der Waals surface area contributed by atoms with Gasteiger partial charge >= 0.3 is 0 Å². The molecule has 4 aromatic rings. The Balaban J connectivity index is 1.25. The Bertz CT molecular complexity index is 2020. The second kappa shape index (κ2) is 11.1. The van der Waals surface area contributed by atoms with Gasteiger partial charge in [0.05, 0.1) is 5.41 Å². The van der Waals surface area contributed by atoms with Gasteiger partial charge in [0.15, 0.2) is 5.71 Å². The standard InChI is InChI=1S/C40H40ClN2O2/c1-39(2)34(42(24-44)32-20-16-26-10-5-7-14-30(26)36(32)39)22-18-28-12-9-13-29(38(28)41)19-23-35-40(3,4)37-31-15-8-6-11-27(31)17-21-33(37)43(35)25-45/h5-8,10-11,14-23,44-45H,9,12-13,24-25H2,1-4H3/q+1. The summed E-state index contributed by atoms with van der Waals surface area (Å²) in [4.78, 5) is 2.02. The van der Waals surface area contributed by atoms with E-state index in [0.29, 0.717) is 0 Å². The molecule has 5 heteroatoms. The molecule has 0 unspecified atom stereocenters. The number of aliphatic hydroxyl groups excluding tert-OH is 2. The molecule has 4 aromatic carbocycles. The van der Waals surface area contributed by atoms with Gasteiger partial charge in [-0.1, -0.05) is 92.2 Å². The maximum atomic E-state index is 10.5. The molecule has 45 heavy (non-hydrogen) atoms. The number of aliphatic hydroxyl groups is 2. The van der Waals surface area contributed by atoms with Crippen molar-refractivity contribution in [3.05, 3.63) is 130 Å². The Morgan fingerprint density at radius 1 is 0.778 bits per heavy atom. The molecule has 0 bridgehead atoms. The molecule has 3 aliphatic rings. The Morgan fingerprint density at radius 2 is 1.44 bits per heavy atom. The third kappa shape index (κ3) is 4.62. The summed E-state index contributed by atoms with van der Waals surface area (Å²) in [6, 6.07) is 25.5. The maximum absolute atomic E-state index is 10.5. The zero-order valence-corrected chi connectivity index (χ0v) is 27.2. The third-order valence-corrected chi connectivity index (χ3v) is 10.6. The molecule has 0 saturated heterocycles. The van der Waals surface area contributed by atoms with Gasteiger partial charge in [0.25, 0.3) is 6.73 Å². The molecule has 4 nitrogen and oxygen atoms in total. The van der Waals surface area contributed by atoms with Crippen LogP contribution in [0.3, 0.4) is 0 Å². The van der Waals surface area contributed by atoms with Crippen molar-refractivity contribution in [2.45, 2.75) is 57.8 Å². The van der Waals surface area contributed by atoms with E-state index in [4.69, 9.17) is 11.6 Å². The summed E-state index contributed by atoms with van der Waals surface area (Å²) in [6.45, 7) is 8.77. The molecule has 0 fully saturated rings. The van der Waals surface area contributed by atoms with E-state index < -0.39 is 0 Å². The van der Waals surface area contributed by atoms with E-state index in [1.807, 2.05) is 9.48 Å². The van der Waals surface area contributed by atoms with Crippen molar-refractivity contribution in [1.82, 2.24) is 0 Å². The van der Waals surface area contributed by atoms with Gasteiger partial charge in [-0.15, -0.1) is 0 Å². The molecule has 0 atom stereocenters. The van der Waals surface area contributed by atoms with Crippen molar-refractivity contribution in [2.24, 2.45) is 0 Å². The number of benzene rings is 4. The van der Waals surface area contributed by atoms with Gasteiger partial charge in [-0.05, 0) is 89.6 Å². The highest BCUT2D eigenvalue weighted by Crippen LogP contribution is 2.51. The van der Waals surface area contributed by atoms with Crippen LogP contribution in [0.1, 0.15) is 58.1 Å². The Labute approximate surface area is 270 Å². The summed E-state index contributed by atoms with van der Waals surface area (Å²) in [6.07, 6.45) is 11.4. The van der Waals surface area contributed by atoms with Crippen LogP contribution in [0.2, 0.25) is 0 Å². The summed E-state index contributed by atoms with van der Waals surface area (Å²) in [5.41, 5.74) is 8.34. The monoisotopic (exact) mass is 615 g/mol. The van der Waals surface area contributed by atoms with Crippen molar-refractivity contribution in [1.29, 1.82) is 0 Å². The number of fused-ring (bicyclic) bond motifs is 6. The average molecular weight is 616 g/mol. The SMILES string of the molecule is CC1(C)C(/C=C/C2=C(Cl)C(=C/C=C3/N(CO)c4ccc5ccccc5c4C3(C)C)/CCC2)=[N+](CO)c2ccc3ccccc3c21. The first-order valence-electron chi connectivity index (χ1n) is 15.9. The van der Waals surface area contributed by atoms with Crippen LogP contribution in [0, 0.1) is 0 Å². The minimum Gasteiger partial charge on any atom is -0.376 e. The van der Waals surface area contributed by atoms with Gasteiger partial charge in [0.2, 0.25) is 5.69 Å². The van der Waals surface area contributed by atoms with E-state index in [2.05, 4.69) is 125 Å². The molecule has 2 heterocycles. The number of anilines is 1. The van der Waals surface area contributed by atoms with Crippen molar-refractivity contribution in [2.75, 3.05) is 18.4 Å². The molecular weight excluding hydrogens is 576 g/mol. The number of halogens is 1. The van der Waals surface area contributed by atoms with Crippen LogP contribution in [0.15, 0.2) is 119 Å². The molecule has 0 spiro atoms. The van der Waals surface area contributed by atoms with E-state index in [9.17, 15) is 10.2 Å². The second-order valence-corrected chi connectivity index (χ2v) is 13.8. The highest BCUT2D eigenvalue weighted by Gasteiger charge is 2.45. The zero-order chi connectivity index (χ0) is 31.5. The highest BCUT2D eigenvalue weighted by atomic mass is 35.5. The fourth-order valence-corrected chi connectivity index (χ4v) is 8.26. The van der Waals surface area contributed by atoms with Crippen LogP contribution in [0.25, 0.3) is 21.5 Å². The van der Waals surface area contributed by atoms with Crippen LogP contribution in [-0.4, -0.2) is 34.0 Å². The van der Waals surface area contributed by atoms with Gasteiger partial charge < -0.3 is 15.1 Å². The van der Waals surface area contributed by atoms with E-state index in [-0.39, 0.29) is 24.3 Å². The summed E-state index contributed by atoms with van der Waals surface area (Å²) in [5.74, 6) is 0. The molecule has 0 aromatic heterocycles. The molecule has 2 N–H and O–H groups in total.